The summed E-state index contributed by atoms with van der Waals surface area (Å²) in [7, 11) is 0. The Hall–Kier alpha value is -1.65. The first kappa shape index (κ1) is 15.7. The molecule has 1 aromatic heterocycles. The van der Waals surface area contributed by atoms with Crippen molar-refractivity contribution in [3.63, 3.8) is 0 Å². The maximum absolute atomic E-state index is 12.0. The maximum atomic E-state index is 12.0. The second-order valence-corrected chi connectivity index (χ2v) is 6.00. The number of carbonyl (C=O) groups is 1. The van der Waals surface area contributed by atoms with Crippen LogP contribution < -0.4 is 10.6 Å². The topological polar surface area (TPSA) is 66.9 Å². The molecule has 0 bridgehead atoms. The maximum Gasteiger partial charge on any atom is 0.271 e. The molecule has 0 spiro atoms. The number of carbonyl (C=O) groups excluding carboxylic acids is 1. The molecule has 0 aromatic carbocycles. The number of nitrogens with one attached hydrogen (secondary N) is 2. The lowest BCUT2D eigenvalue weighted by molar-refractivity contribution is 0.0943. The van der Waals surface area contributed by atoms with Crippen LogP contribution in [0.2, 0.25) is 0 Å². The first-order valence-corrected chi connectivity index (χ1v) is 8.04. The molecule has 1 aliphatic carbocycles. The van der Waals surface area contributed by atoms with Gasteiger partial charge in [0.15, 0.2) is 5.69 Å². The van der Waals surface area contributed by atoms with Crippen molar-refractivity contribution < 1.29 is 4.79 Å². The molecule has 0 aliphatic heterocycles. The number of hydrogen-bond donors (Lipinski definition) is 2. The first-order valence-electron chi connectivity index (χ1n) is 8.04. The minimum atomic E-state index is -0.130. The second-order valence-electron chi connectivity index (χ2n) is 6.00. The van der Waals surface area contributed by atoms with E-state index in [1.807, 2.05) is 6.92 Å². The Morgan fingerprint density at radius 1 is 1.24 bits per heavy atom. The highest BCUT2D eigenvalue weighted by Gasteiger charge is 2.18. The Balaban J connectivity index is 1.71. The molecular weight excluding hydrogens is 264 g/mol. The molecule has 2 rings (SSSR count). The van der Waals surface area contributed by atoms with Gasteiger partial charge in [0.1, 0.15) is 5.82 Å². The van der Waals surface area contributed by atoms with Crippen molar-refractivity contribution >= 4 is 11.7 Å². The van der Waals surface area contributed by atoms with Gasteiger partial charge < -0.3 is 10.6 Å². The van der Waals surface area contributed by atoms with Gasteiger partial charge in [-0.1, -0.05) is 32.6 Å². The average molecular weight is 290 g/mol. The number of anilines is 1. The van der Waals surface area contributed by atoms with Crippen LogP contribution in [0.5, 0.6) is 0 Å². The Morgan fingerprint density at radius 2 is 2.00 bits per heavy atom. The summed E-state index contributed by atoms with van der Waals surface area (Å²) >= 11 is 0. The van der Waals surface area contributed by atoms with Crippen LogP contribution in [0.15, 0.2) is 12.1 Å². The summed E-state index contributed by atoms with van der Waals surface area (Å²) in [5.74, 6) is 2.21. The molecular formula is C16H26N4O. The van der Waals surface area contributed by atoms with Crippen molar-refractivity contribution in [3.8, 4) is 0 Å². The van der Waals surface area contributed by atoms with Crippen molar-refractivity contribution in [2.24, 2.45) is 11.8 Å². The van der Waals surface area contributed by atoms with E-state index in [0.717, 1.165) is 31.3 Å². The van der Waals surface area contributed by atoms with Crippen LogP contribution in [-0.2, 0) is 0 Å². The Kier molecular flexibility index (Phi) is 5.96. The lowest BCUT2D eigenvalue weighted by Gasteiger charge is -2.26. The van der Waals surface area contributed by atoms with Gasteiger partial charge in [-0.15, -0.1) is 10.2 Å². The molecule has 0 saturated heterocycles. The van der Waals surface area contributed by atoms with E-state index in [-0.39, 0.29) is 5.91 Å². The van der Waals surface area contributed by atoms with Crippen molar-refractivity contribution in [2.45, 2.75) is 46.0 Å². The number of aromatic nitrogens is 2. The molecule has 21 heavy (non-hydrogen) atoms. The number of amides is 1. The molecule has 0 unspecified atom stereocenters. The first-order chi connectivity index (χ1) is 10.2. The lowest BCUT2D eigenvalue weighted by atomic mass is 9.81. The second kappa shape index (κ2) is 7.96. The van der Waals surface area contributed by atoms with Crippen molar-refractivity contribution in [1.29, 1.82) is 0 Å². The standard InChI is InChI=1S/C16H26N4O/c1-3-17-15-9-8-14(19-20-15)16(21)18-11-10-13-6-4-12(2)5-7-13/h8-9,12-13H,3-7,10-11H2,1-2H3,(H,17,20)(H,18,21). The minimum absolute atomic E-state index is 0.130. The van der Waals surface area contributed by atoms with Gasteiger partial charge in [-0.2, -0.15) is 0 Å². The smallest absolute Gasteiger partial charge is 0.271 e. The third kappa shape index (κ3) is 4.99. The summed E-state index contributed by atoms with van der Waals surface area (Å²) in [5.41, 5.74) is 0.383. The van der Waals surface area contributed by atoms with Gasteiger partial charge in [0.25, 0.3) is 5.91 Å². The number of nitrogens with zero attached hydrogens (tertiary/aromatic N) is 2. The van der Waals surface area contributed by atoms with E-state index in [9.17, 15) is 4.79 Å². The quantitative estimate of drug-likeness (QED) is 0.845. The molecule has 1 fully saturated rings. The summed E-state index contributed by atoms with van der Waals surface area (Å²) in [6.45, 7) is 5.84. The van der Waals surface area contributed by atoms with Crippen LogP contribution in [0, 0.1) is 11.8 Å². The SMILES string of the molecule is CCNc1ccc(C(=O)NCCC2CCC(C)CC2)nn1. The van der Waals surface area contributed by atoms with Gasteiger partial charge in [0, 0.05) is 13.1 Å². The van der Waals surface area contributed by atoms with E-state index in [1.54, 1.807) is 12.1 Å². The monoisotopic (exact) mass is 290 g/mol. The van der Waals surface area contributed by atoms with E-state index in [0.29, 0.717) is 11.5 Å². The third-order valence-electron chi connectivity index (χ3n) is 4.23. The molecule has 0 radical (unpaired) electrons. The summed E-state index contributed by atoms with van der Waals surface area (Å²) in [6.07, 6.45) is 6.33. The Morgan fingerprint density at radius 3 is 2.62 bits per heavy atom. The van der Waals surface area contributed by atoms with Crippen LogP contribution in [0.1, 0.15) is 56.4 Å². The fourth-order valence-electron chi connectivity index (χ4n) is 2.83. The Labute approximate surface area is 126 Å². The van der Waals surface area contributed by atoms with Crippen LogP contribution in [0.3, 0.4) is 0 Å². The predicted molar refractivity (Wildman–Crippen MR) is 84.3 cm³/mol. The van der Waals surface area contributed by atoms with Crippen LogP contribution >= 0.6 is 0 Å². The highest BCUT2D eigenvalue weighted by atomic mass is 16.1. The van der Waals surface area contributed by atoms with E-state index >= 15 is 0 Å². The zero-order valence-corrected chi connectivity index (χ0v) is 13.1. The van der Waals surface area contributed by atoms with Crippen molar-refractivity contribution in [1.82, 2.24) is 15.5 Å². The zero-order valence-electron chi connectivity index (χ0n) is 13.1. The van der Waals surface area contributed by atoms with Gasteiger partial charge in [-0.25, -0.2) is 0 Å². The largest absolute Gasteiger partial charge is 0.369 e. The van der Waals surface area contributed by atoms with E-state index in [2.05, 4.69) is 27.8 Å². The molecule has 5 heteroatoms. The highest BCUT2D eigenvalue weighted by molar-refractivity contribution is 5.92. The molecule has 1 amide bonds. The molecule has 1 saturated carbocycles. The third-order valence-corrected chi connectivity index (χ3v) is 4.23. The van der Waals surface area contributed by atoms with Gasteiger partial charge in [0.05, 0.1) is 0 Å². The van der Waals surface area contributed by atoms with Crippen molar-refractivity contribution in [3.05, 3.63) is 17.8 Å². The molecule has 1 aromatic rings. The predicted octanol–water partition coefficient (Wildman–Crippen LogP) is 2.85. The van der Waals surface area contributed by atoms with Crippen LogP contribution in [0.25, 0.3) is 0 Å². The van der Waals surface area contributed by atoms with Crippen LogP contribution in [0.4, 0.5) is 5.82 Å². The summed E-state index contributed by atoms with van der Waals surface area (Å²) in [6, 6.07) is 3.50. The summed E-state index contributed by atoms with van der Waals surface area (Å²) in [5, 5.41) is 13.9. The fraction of sp³-hybridized carbons (Fsp3) is 0.688. The van der Waals surface area contributed by atoms with E-state index < -0.39 is 0 Å². The molecule has 116 valence electrons. The number of rotatable bonds is 6. The molecule has 0 atom stereocenters. The van der Waals surface area contributed by atoms with Gasteiger partial charge >= 0.3 is 0 Å². The van der Waals surface area contributed by atoms with Crippen molar-refractivity contribution in [2.75, 3.05) is 18.4 Å². The highest BCUT2D eigenvalue weighted by Crippen LogP contribution is 2.29. The lowest BCUT2D eigenvalue weighted by Crippen LogP contribution is -2.27. The van der Waals surface area contributed by atoms with E-state index in [4.69, 9.17) is 0 Å². The van der Waals surface area contributed by atoms with Crippen LogP contribution in [-0.4, -0.2) is 29.2 Å². The van der Waals surface area contributed by atoms with E-state index in [1.165, 1.54) is 25.7 Å². The molecule has 1 aliphatic rings. The summed E-state index contributed by atoms with van der Waals surface area (Å²) < 4.78 is 0. The average Bonchev–Trinajstić information content (AvgIpc) is 2.50. The summed E-state index contributed by atoms with van der Waals surface area (Å²) in [4.78, 5) is 12.0. The normalized spacial score (nSPS) is 21.8. The van der Waals surface area contributed by atoms with Gasteiger partial charge in [-0.3, -0.25) is 4.79 Å². The molecule has 2 N–H and O–H groups in total. The minimum Gasteiger partial charge on any atom is -0.369 e. The fourth-order valence-corrected chi connectivity index (χ4v) is 2.83. The Bertz CT molecular complexity index is 438. The zero-order chi connectivity index (χ0) is 15.1. The van der Waals surface area contributed by atoms with Gasteiger partial charge in [-0.05, 0) is 37.3 Å². The molecule has 5 nitrogen and oxygen atoms in total. The van der Waals surface area contributed by atoms with Gasteiger partial charge in [0.2, 0.25) is 0 Å². The molecule has 1 heterocycles. The number of hydrogen-bond acceptors (Lipinski definition) is 4.